The first kappa shape index (κ1) is 19.2. The van der Waals surface area contributed by atoms with Crippen LogP contribution in [0.25, 0.3) is 0 Å². The molecule has 0 aliphatic carbocycles. The lowest BCUT2D eigenvalue weighted by Gasteiger charge is -2.39. The van der Waals surface area contributed by atoms with Crippen LogP contribution >= 0.6 is 0 Å². The first-order valence-corrected chi connectivity index (χ1v) is 9.73. The number of carbonyl (C=O) groups excluding carboxylic acids is 1. The number of hydrogen-bond acceptors (Lipinski definition) is 4. The van der Waals surface area contributed by atoms with Crippen LogP contribution in [-0.2, 0) is 0 Å². The fraction of sp³-hybridized carbons (Fsp3) is 0.409. The summed E-state index contributed by atoms with van der Waals surface area (Å²) in [5, 5.41) is 3.06. The Balaban J connectivity index is 1.49. The SMILES string of the molecule is CCOc1ccccc1C(=O)NC[C@H](C)N1CCN(c2ccccc2)CC1. The van der Waals surface area contributed by atoms with Gasteiger partial charge >= 0.3 is 0 Å². The van der Waals surface area contributed by atoms with Crippen molar-refractivity contribution in [1.29, 1.82) is 0 Å². The lowest BCUT2D eigenvalue weighted by molar-refractivity contribution is 0.0930. The minimum Gasteiger partial charge on any atom is -0.493 e. The molecule has 0 unspecified atom stereocenters. The van der Waals surface area contributed by atoms with Gasteiger partial charge in [0.15, 0.2) is 0 Å². The summed E-state index contributed by atoms with van der Waals surface area (Å²) in [6, 6.07) is 18.2. The van der Waals surface area contributed by atoms with E-state index in [0.717, 1.165) is 26.2 Å². The van der Waals surface area contributed by atoms with E-state index in [2.05, 4.69) is 46.3 Å². The molecule has 2 aromatic rings. The molecule has 0 saturated carbocycles. The van der Waals surface area contributed by atoms with Crippen LogP contribution < -0.4 is 15.0 Å². The third kappa shape index (κ3) is 5.01. The Morgan fingerprint density at radius 1 is 1.04 bits per heavy atom. The maximum Gasteiger partial charge on any atom is 0.255 e. The Morgan fingerprint density at radius 2 is 1.70 bits per heavy atom. The zero-order chi connectivity index (χ0) is 19.1. The van der Waals surface area contributed by atoms with Gasteiger partial charge in [-0.15, -0.1) is 0 Å². The molecule has 0 bridgehead atoms. The molecule has 1 N–H and O–H groups in total. The van der Waals surface area contributed by atoms with Gasteiger partial charge in [0, 0.05) is 44.5 Å². The number of nitrogens with one attached hydrogen (secondary N) is 1. The molecular formula is C22H29N3O2. The summed E-state index contributed by atoms with van der Waals surface area (Å²) < 4.78 is 5.56. The van der Waals surface area contributed by atoms with E-state index in [4.69, 9.17) is 4.74 Å². The average molecular weight is 367 g/mol. The number of benzene rings is 2. The molecule has 27 heavy (non-hydrogen) atoms. The van der Waals surface area contributed by atoms with Gasteiger partial charge < -0.3 is 15.0 Å². The summed E-state index contributed by atoms with van der Waals surface area (Å²) in [7, 11) is 0. The number of carbonyl (C=O) groups is 1. The Hall–Kier alpha value is -2.53. The van der Waals surface area contributed by atoms with Crippen molar-refractivity contribution in [3.63, 3.8) is 0 Å². The number of ether oxygens (including phenoxy) is 1. The van der Waals surface area contributed by atoms with Crippen LogP contribution in [0.4, 0.5) is 5.69 Å². The Morgan fingerprint density at radius 3 is 2.41 bits per heavy atom. The monoisotopic (exact) mass is 367 g/mol. The second kappa shape index (κ2) is 9.42. The van der Waals surface area contributed by atoms with Crippen molar-refractivity contribution in [2.75, 3.05) is 44.2 Å². The number of hydrogen-bond donors (Lipinski definition) is 1. The maximum atomic E-state index is 12.5. The molecule has 144 valence electrons. The molecule has 2 aromatic carbocycles. The summed E-state index contributed by atoms with van der Waals surface area (Å²) in [4.78, 5) is 17.4. The number of para-hydroxylation sites is 2. The highest BCUT2D eigenvalue weighted by atomic mass is 16.5. The predicted molar refractivity (Wildman–Crippen MR) is 110 cm³/mol. The summed E-state index contributed by atoms with van der Waals surface area (Å²) in [5.74, 6) is 0.565. The van der Waals surface area contributed by atoms with E-state index in [9.17, 15) is 4.79 Å². The third-order valence-electron chi connectivity index (χ3n) is 5.05. The molecule has 3 rings (SSSR count). The highest BCUT2D eigenvalue weighted by Crippen LogP contribution is 2.18. The van der Waals surface area contributed by atoms with Crippen LogP contribution in [0, 0.1) is 0 Å². The van der Waals surface area contributed by atoms with E-state index in [1.807, 2.05) is 37.3 Å². The standard InChI is InChI=1S/C22H29N3O2/c1-3-27-21-12-8-7-11-20(21)22(26)23-17-18(2)24-13-15-25(16-14-24)19-9-5-4-6-10-19/h4-12,18H,3,13-17H2,1-2H3,(H,23,26)/t18-/m0/s1. The first-order valence-electron chi connectivity index (χ1n) is 9.73. The molecular weight excluding hydrogens is 338 g/mol. The topological polar surface area (TPSA) is 44.8 Å². The first-order chi connectivity index (χ1) is 13.2. The molecule has 1 aliphatic rings. The summed E-state index contributed by atoms with van der Waals surface area (Å²) in [6.45, 7) is 9.30. The zero-order valence-corrected chi connectivity index (χ0v) is 16.2. The van der Waals surface area contributed by atoms with Crippen LogP contribution in [0.2, 0.25) is 0 Å². The Labute approximate surface area is 161 Å². The molecule has 5 heteroatoms. The second-order valence-corrected chi connectivity index (χ2v) is 6.85. The lowest BCUT2D eigenvalue weighted by Crippen LogP contribution is -2.52. The lowest BCUT2D eigenvalue weighted by atomic mass is 10.1. The Kier molecular flexibility index (Phi) is 6.71. The van der Waals surface area contributed by atoms with Gasteiger partial charge in [-0.2, -0.15) is 0 Å². The summed E-state index contributed by atoms with van der Waals surface area (Å²) >= 11 is 0. The van der Waals surface area contributed by atoms with Crippen molar-refractivity contribution < 1.29 is 9.53 Å². The molecule has 0 spiro atoms. The van der Waals surface area contributed by atoms with Gasteiger partial charge in [0.25, 0.3) is 5.91 Å². The fourth-order valence-electron chi connectivity index (χ4n) is 3.46. The smallest absolute Gasteiger partial charge is 0.255 e. The molecule has 1 fully saturated rings. The second-order valence-electron chi connectivity index (χ2n) is 6.85. The highest BCUT2D eigenvalue weighted by molar-refractivity contribution is 5.96. The number of piperazine rings is 1. The molecule has 1 aliphatic heterocycles. The molecule has 1 amide bonds. The summed E-state index contributed by atoms with van der Waals surface area (Å²) in [6.07, 6.45) is 0. The largest absolute Gasteiger partial charge is 0.493 e. The van der Waals surface area contributed by atoms with Gasteiger partial charge in [-0.25, -0.2) is 0 Å². The van der Waals surface area contributed by atoms with Gasteiger partial charge in [-0.3, -0.25) is 9.69 Å². The van der Waals surface area contributed by atoms with E-state index >= 15 is 0 Å². The number of nitrogens with zero attached hydrogens (tertiary/aromatic N) is 2. The van der Waals surface area contributed by atoms with Crippen molar-refractivity contribution in [2.45, 2.75) is 19.9 Å². The van der Waals surface area contributed by atoms with Gasteiger partial charge in [-0.1, -0.05) is 30.3 Å². The molecule has 1 heterocycles. The van der Waals surface area contributed by atoms with Gasteiger partial charge in [0.1, 0.15) is 5.75 Å². The van der Waals surface area contributed by atoms with Crippen LogP contribution in [0.3, 0.4) is 0 Å². The van der Waals surface area contributed by atoms with Crippen LogP contribution in [-0.4, -0.2) is 56.2 Å². The van der Waals surface area contributed by atoms with E-state index in [0.29, 0.717) is 30.5 Å². The van der Waals surface area contributed by atoms with Crippen molar-refractivity contribution in [2.24, 2.45) is 0 Å². The summed E-state index contributed by atoms with van der Waals surface area (Å²) in [5.41, 5.74) is 1.88. The average Bonchev–Trinajstić information content (AvgIpc) is 2.73. The molecule has 0 radical (unpaired) electrons. The van der Waals surface area contributed by atoms with Crippen LogP contribution in [0.5, 0.6) is 5.75 Å². The van der Waals surface area contributed by atoms with Crippen LogP contribution in [0.1, 0.15) is 24.2 Å². The maximum absolute atomic E-state index is 12.5. The van der Waals surface area contributed by atoms with Crippen molar-refractivity contribution in [3.05, 3.63) is 60.2 Å². The molecule has 5 nitrogen and oxygen atoms in total. The molecule has 0 aromatic heterocycles. The van der Waals surface area contributed by atoms with Gasteiger partial charge in [-0.05, 0) is 38.1 Å². The van der Waals surface area contributed by atoms with E-state index < -0.39 is 0 Å². The quantitative estimate of drug-likeness (QED) is 0.817. The molecule has 1 saturated heterocycles. The van der Waals surface area contributed by atoms with E-state index in [-0.39, 0.29) is 5.91 Å². The van der Waals surface area contributed by atoms with E-state index in [1.54, 1.807) is 0 Å². The highest BCUT2D eigenvalue weighted by Gasteiger charge is 2.22. The predicted octanol–water partition coefficient (Wildman–Crippen LogP) is 3.03. The Bertz CT molecular complexity index is 727. The fourth-order valence-corrected chi connectivity index (χ4v) is 3.46. The van der Waals surface area contributed by atoms with Gasteiger partial charge in [0.05, 0.1) is 12.2 Å². The zero-order valence-electron chi connectivity index (χ0n) is 16.2. The van der Waals surface area contributed by atoms with Gasteiger partial charge in [0.2, 0.25) is 0 Å². The molecule has 1 atom stereocenters. The number of amides is 1. The van der Waals surface area contributed by atoms with Crippen molar-refractivity contribution in [3.8, 4) is 5.75 Å². The van der Waals surface area contributed by atoms with Crippen molar-refractivity contribution in [1.82, 2.24) is 10.2 Å². The number of rotatable bonds is 7. The minimum absolute atomic E-state index is 0.0752. The minimum atomic E-state index is -0.0752. The third-order valence-corrected chi connectivity index (χ3v) is 5.05. The normalized spacial score (nSPS) is 16.0. The van der Waals surface area contributed by atoms with Crippen molar-refractivity contribution >= 4 is 11.6 Å². The number of anilines is 1. The van der Waals surface area contributed by atoms with E-state index in [1.165, 1.54) is 5.69 Å². The van der Waals surface area contributed by atoms with Crippen LogP contribution in [0.15, 0.2) is 54.6 Å².